The van der Waals surface area contributed by atoms with Crippen molar-refractivity contribution < 1.29 is 9.47 Å². The van der Waals surface area contributed by atoms with Gasteiger partial charge in [0.2, 0.25) is 6.79 Å². The van der Waals surface area contributed by atoms with Crippen molar-refractivity contribution in [3.05, 3.63) is 90.3 Å². The van der Waals surface area contributed by atoms with E-state index in [1.165, 1.54) is 6.33 Å². The summed E-state index contributed by atoms with van der Waals surface area (Å²) in [7, 11) is 0. The summed E-state index contributed by atoms with van der Waals surface area (Å²) < 4.78 is 12.6. The van der Waals surface area contributed by atoms with Gasteiger partial charge in [0, 0.05) is 0 Å². The SMILES string of the molecule is N#Cc1cccc(-n2ncc3c(NC(Cc4ccccc4)C4=COCO4)ncnc32)c1. The van der Waals surface area contributed by atoms with E-state index in [4.69, 9.17) is 9.47 Å². The molecular weight excluding hydrogens is 392 g/mol. The van der Waals surface area contributed by atoms with E-state index in [9.17, 15) is 5.26 Å². The number of fused-ring (bicyclic) bond motifs is 1. The van der Waals surface area contributed by atoms with Crippen LogP contribution in [0.15, 0.2) is 79.1 Å². The second kappa shape index (κ2) is 8.16. The molecule has 4 aromatic rings. The third-order valence-electron chi connectivity index (χ3n) is 5.02. The van der Waals surface area contributed by atoms with Crippen LogP contribution in [-0.2, 0) is 15.9 Å². The Morgan fingerprint density at radius 1 is 1.13 bits per heavy atom. The van der Waals surface area contributed by atoms with Gasteiger partial charge in [-0.2, -0.15) is 10.4 Å². The number of nitriles is 1. The number of nitrogens with zero attached hydrogens (tertiary/aromatic N) is 5. The molecule has 2 aromatic carbocycles. The Morgan fingerprint density at radius 2 is 2.03 bits per heavy atom. The molecule has 0 spiro atoms. The lowest BCUT2D eigenvalue weighted by molar-refractivity contribution is 0.0764. The largest absolute Gasteiger partial charge is 0.462 e. The molecule has 0 radical (unpaired) electrons. The number of aromatic nitrogens is 4. The molecule has 0 bridgehead atoms. The van der Waals surface area contributed by atoms with Gasteiger partial charge in [-0.3, -0.25) is 0 Å². The fourth-order valence-electron chi connectivity index (χ4n) is 3.53. The molecule has 1 N–H and O–H groups in total. The summed E-state index contributed by atoms with van der Waals surface area (Å²) in [6.07, 6.45) is 5.54. The summed E-state index contributed by atoms with van der Waals surface area (Å²) in [5.41, 5.74) is 3.12. The zero-order chi connectivity index (χ0) is 21.0. The van der Waals surface area contributed by atoms with Crippen molar-refractivity contribution in [1.82, 2.24) is 19.7 Å². The zero-order valence-electron chi connectivity index (χ0n) is 16.5. The summed E-state index contributed by atoms with van der Waals surface area (Å²) in [6, 6.07) is 19.4. The maximum Gasteiger partial charge on any atom is 0.229 e. The third-order valence-corrected chi connectivity index (χ3v) is 5.02. The van der Waals surface area contributed by atoms with E-state index in [0.717, 1.165) is 16.6 Å². The first-order chi connectivity index (χ1) is 15.3. The minimum Gasteiger partial charge on any atom is -0.462 e. The Balaban J connectivity index is 1.50. The van der Waals surface area contributed by atoms with Gasteiger partial charge in [-0.15, -0.1) is 0 Å². The summed E-state index contributed by atoms with van der Waals surface area (Å²) in [5, 5.41) is 17.9. The molecule has 0 aliphatic carbocycles. The highest BCUT2D eigenvalue weighted by atomic mass is 16.7. The number of hydrogen-bond acceptors (Lipinski definition) is 7. The van der Waals surface area contributed by atoms with Gasteiger partial charge in [0.05, 0.1) is 34.9 Å². The van der Waals surface area contributed by atoms with Crippen molar-refractivity contribution in [3.63, 3.8) is 0 Å². The zero-order valence-corrected chi connectivity index (χ0v) is 16.5. The molecule has 0 amide bonds. The second-order valence-corrected chi connectivity index (χ2v) is 7.01. The predicted octanol–water partition coefficient (Wildman–Crippen LogP) is 3.56. The van der Waals surface area contributed by atoms with Crippen molar-refractivity contribution in [2.75, 3.05) is 12.1 Å². The first-order valence-corrected chi connectivity index (χ1v) is 9.76. The molecule has 2 aromatic heterocycles. The fraction of sp³-hybridized carbons (Fsp3) is 0.130. The Kier molecular flexibility index (Phi) is 4.91. The molecule has 1 atom stereocenters. The van der Waals surface area contributed by atoms with Crippen LogP contribution in [0.2, 0.25) is 0 Å². The standard InChI is InChI=1S/C23H18N6O2/c24-11-17-7-4-8-18(9-17)29-23-19(12-27-29)22(25-14-26-23)28-20(21-13-30-15-31-21)10-16-5-2-1-3-6-16/h1-9,12-14,20H,10,15H2,(H,25,26,28). The Labute approximate surface area is 178 Å². The van der Waals surface area contributed by atoms with Crippen LogP contribution in [0.1, 0.15) is 11.1 Å². The predicted molar refractivity (Wildman–Crippen MR) is 114 cm³/mol. The average Bonchev–Trinajstić information content (AvgIpc) is 3.50. The minimum absolute atomic E-state index is 0.173. The molecule has 0 saturated carbocycles. The maximum absolute atomic E-state index is 9.20. The Morgan fingerprint density at radius 3 is 2.84 bits per heavy atom. The van der Waals surface area contributed by atoms with Crippen LogP contribution in [0, 0.1) is 11.3 Å². The normalized spacial score (nSPS) is 13.7. The number of hydrogen-bond donors (Lipinski definition) is 1. The molecule has 5 rings (SSSR count). The summed E-state index contributed by atoms with van der Waals surface area (Å²) in [6.45, 7) is 0.203. The van der Waals surface area contributed by atoms with Crippen molar-refractivity contribution in [2.24, 2.45) is 0 Å². The minimum atomic E-state index is -0.173. The number of ether oxygens (including phenoxy) is 2. The Hall–Kier alpha value is -4.38. The van der Waals surface area contributed by atoms with Crippen LogP contribution in [-0.4, -0.2) is 32.6 Å². The van der Waals surface area contributed by atoms with E-state index in [2.05, 4.69) is 38.6 Å². The van der Waals surface area contributed by atoms with Gasteiger partial charge < -0.3 is 14.8 Å². The topological polar surface area (TPSA) is 97.9 Å². The number of benzene rings is 2. The fourth-order valence-corrected chi connectivity index (χ4v) is 3.53. The van der Waals surface area contributed by atoms with Crippen LogP contribution in [0.3, 0.4) is 0 Å². The van der Waals surface area contributed by atoms with E-state index in [-0.39, 0.29) is 12.8 Å². The van der Waals surface area contributed by atoms with E-state index in [1.807, 2.05) is 30.3 Å². The number of rotatable bonds is 6. The smallest absolute Gasteiger partial charge is 0.229 e. The highest BCUT2D eigenvalue weighted by molar-refractivity contribution is 5.87. The van der Waals surface area contributed by atoms with Crippen molar-refractivity contribution in [2.45, 2.75) is 12.5 Å². The average molecular weight is 410 g/mol. The molecule has 8 heteroatoms. The van der Waals surface area contributed by atoms with E-state index < -0.39 is 0 Å². The monoisotopic (exact) mass is 410 g/mol. The molecule has 1 unspecified atom stereocenters. The third kappa shape index (κ3) is 3.76. The van der Waals surface area contributed by atoms with Gasteiger partial charge in [-0.1, -0.05) is 36.4 Å². The molecule has 0 fully saturated rings. The van der Waals surface area contributed by atoms with E-state index >= 15 is 0 Å². The van der Waals surface area contributed by atoms with E-state index in [0.29, 0.717) is 29.2 Å². The molecule has 152 valence electrons. The lowest BCUT2D eigenvalue weighted by Gasteiger charge is -2.19. The van der Waals surface area contributed by atoms with Gasteiger partial charge in [-0.05, 0) is 30.2 Å². The highest BCUT2D eigenvalue weighted by Gasteiger charge is 2.23. The quantitative estimate of drug-likeness (QED) is 0.519. The molecule has 0 saturated heterocycles. The van der Waals surface area contributed by atoms with E-state index in [1.54, 1.807) is 29.3 Å². The molecule has 8 nitrogen and oxygen atoms in total. The maximum atomic E-state index is 9.20. The number of anilines is 1. The molecule has 3 heterocycles. The lowest BCUT2D eigenvalue weighted by atomic mass is 10.0. The van der Waals surface area contributed by atoms with Crippen LogP contribution in [0.25, 0.3) is 16.7 Å². The van der Waals surface area contributed by atoms with Crippen LogP contribution in [0.4, 0.5) is 5.82 Å². The first-order valence-electron chi connectivity index (χ1n) is 9.76. The first kappa shape index (κ1) is 18.6. The molecular formula is C23H18N6O2. The summed E-state index contributed by atoms with van der Waals surface area (Å²) >= 11 is 0. The van der Waals surface area contributed by atoms with Gasteiger partial charge in [-0.25, -0.2) is 14.6 Å². The molecule has 31 heavy (non-hydrogen) atoms. The van der Waals surface area contributed by atoms with Crippen molar-refractivity contribution in [1.29, 1.82) is 5.26 Å². The van der Waals surface area contributed by atoms with Crippen LogP contribution in [0.5, 0.6) is 0 Å². The summed E-state index contributed by atoms with van der Waals surface area (Å²) in [5.74, 6) is 1.36. The lowest BCUT2D eigenvalue weighted by Crippen LogP contribution is -2.26. The van der Waals surface area contributed by atoms with Gasteiger partial charge >= 0.3 is 0 Å². The molecule has 1 aliphatic heterocycles. The Bertz CT molecular complexity index is 1290. The number of nitrogens with one attached hydrogen (secondary N) is 1. The second-order valence-electron chi connectivity index (χ2n) is 7.01. The van der Waals surface area contributed by atoms with Crippen LogP contribution >= 0.6 is 0 Å². The van der Waals surface area contributed by atoms with Gasteiger partial charge in [0.1, 0.15) is 18.4 Å². The molecule has 1 aliphatic rings. The summed E-state index contributed by atoms with van der Waals surface area (Å²) in [4.78, 5) is 8.87. The van der Waals surface area contributed by atoms with Crippen molar-refractivity contribution >= 4 is 16.9 Å². The van der Waals surface area contributed by atoms with Gasteiger partial charge in [0.15, 0.2) is 11.4 Å². The van der Waals surface area contributed by atoms with Gasteiger partial charge in [0.25, 0.3) is 0 Å². The van der Waals surface area contributed by atoms with Crippen molar-refractivity contribution in [3.8, 4) is 11.8 Å². The van der Waals surface area contributed by atoms with Crippen LogP contribution < -0.4 is 5.32 Å². The highest BCUT2D eigenvalue weighted by Crippen LogP contribution is 2.25.